The van der Waals surface area contributed by atoms with Crippen molar-refractivity contribution in [1.82, 2.24) is 10.3 Å². The maximum atomic E-state index is 12.4. The van der Waals surface area contributed by atoms with Crippen LogP contribution in [0.5, 0.6) is 0 Å². The smallest absolute Gasteiger partial charge is 0.251 e. The number of nitrogens with two attached hydrogens (primary N) is 1. The van der Waals surface area contributed by atoms with Crippen molar-refractivity contribution >= 4 is 22.3 Å². The number of hydrogen-bond acceptors (Lipinski definition) is 3. The second-order valence-electron chi connectivity index (χ2n) is 8.04. The Kier molecular flexibility index (Phi) is 6.71. The quantitative estimate of drug-likeness (QED) is 0.418. The first-order valence-corrected chi connectivity index (χ1v) is 10.3. The summed E-state index contributed by atoms with van der Waals surface area (Å²) >= 11 is 0. The van der Waals surface area contributed by atoms with Crippen molar-refractivity contribution in [3.63, 3.8) is 0 Å². The van der Waals surface area contributed by atoms with Gasteiger partial charge in [0.2, 0.25) is 0 Å². The van der Waals surface area contributed by atoms with E-state index >= 15 is 0 Å². The maximum Gasteiger partial charge on any atom is 0.251 e. The summed E-state index contributed by atoms with van der Waals surface area (Å²) in [7, 11) is 0. The Labute approximate surface area is 184 Å². The lowest BCUT2D eigenvalue weighted by molar-refractivity contribution is -0.117. The molecule has 0 aliphatic rings. The van der Waals surface area contributed by atoms with Crippen LogP contribution in [0.2, 0.25) is 0 Å². The van der Waals surface area contributed by atoms with Crippen LogP contribution in [0.15, 0.2) is 79.2 Å². The fourth-order valence-electron chi connectivity index (χ4n) is 3.60. The Morgan fingerprint density at radius 3 is 2.52 bits per heavy atom. The van der Waals surface area contributed by atoms with Crippen LogP contribution >= 0.6 is 0 Å². The lowest BCUT2D eigenvalue weighted by Gasteiger charge is -2.10. The molecule has 4 heteroatoms. The molecule has 0 saturated heterocycles. The number of aromatic nitrogens is 1. The molecule has 0 aliphatic heterocycles. The van der Waals surface area contributed by atoms with E-state index in [4.69, 9.17) is 5.73 Å². The number of hydrogen-bond donors (Lipinski definition) is 2. The third-order valence-electron chi connectivity index (χ3n) is 5.19. The molecule has 3 rings (SSSR count). The summed E-state index contributed by atoms with van der Waals surface area (Å²) in [6.07, 6.45) is 4.06. The monoisotopic (exact) mass is 411 g/mol. The van der Waals surface area contributed by atoms with E-state index in [2.05, 4.69) is 41.7 Å². The van der Waals surface area contributed by atoms with E-state index in [1.54, 1.807) is 6.08 Å². The number of aryl methyl sites for hydroxylation is 2. The molecule has 0 aliphatic carbocycles. The van der Waals surface area contributed by atoms with Gasteiger partial charge < -0.3 is 11.1 Å². The molecule has 0 bridgehead atoms. The van der Waals surface area contributed by atoms with E-state index in [-0.39, 0.29) is 5.91 Å². The third-order valence-corrected chi connectivity index (χ3v) is 5.19. The Balaban J connectivity index is 1.61. The molecule has 1 aromatic heterocycles. The summed E-state index contributed by atoms with van der Waals surface area (Å²) in [6.45, 7) is 14.3. The topological polar surface area (TPSA) is 68.0 Å². The first-order valence-electron chi connectivity index (χ1n) is 10.3. The standard InChI is InChI=1S/C27H29N3O/c1-17(2)26-9-7-22(10-18(26)3)15-30-27(31)19(4)11-25(28)14-21-6-8-23-16-29-20(5)12-24(23)13-21/h6-13,16H,1,4,14-15,28H2,2-3,5H3,(H,30,31)/b25-11-. The number of allylic oxidation sites excluding steroid dienone is 2. The van der Waals surface area contributed by atoms with Crippen LogP contribution in [-0.2, 0) is 17.8 Å². The third kappa shape index (κ3) is 5.70. The van der Waals surface area contributed by atoms with Gasteiger partial charge in [-0.25, -0.2) is 0 Å². The number of fused-ring (bicyclic) bond motifs is 1. The number of nitrogens with one attached hydrogen (secondary N) is 1. The first-order chi connectivity index (χ1) is 14.7. The fourth-order valence-corrected chi connectivity index (χ4v) is 3.60. The summed E-state index contributed by atoms with van der Waals surface area (Å²) < 4.78 is 0. The summed E-state index contributed by atoms with van der Waals surface area (Å²) in [5, 5.41) is 5.12. The van der Waals surface area contributed by atoms with Crippen LogP contribution < -0.4 is 11.1 Å². The van der Waals surface area contributed by atoms with E-state index in [0.29, 0.717) is 24.2 Å². The molecule has 0 atom stereocenters. The molecule has 4 nitrogen and oxygen atoms in total. The average molecular weight is 412 g/mol. The number of benzene rings is 2. The Morgan fingerprint density at radius 1 is 1.06 bits per heavy atom. The Bertz CT molecular complexity index is 1200. The molecule has 0 spiro atoms. The van der Waals surface area contributed by atoms with Gasteiger partial charge in [0.05, 0.1) is 0 Å². The largest absolute Gasteiger partial charge is 0.402 e. The van der Waals surface area contributed by atoms with Gasteiger partial charge in [-0.1, -0.05) is 55.1 Å². The van der Waals surface area contributed by atoms with Gasteiger partial charge in [-0.2, -0.15) is 0 Å². The highest BCUT2D eigenvalue weighted by atomic mass is 16.1. The molecule has 1 heterocycles. The normalized spacial score (nSPS) is 11.4. The van der Waals surface area contributed by atoms with Crippen molar-refractivity contribution in [2.45, 2.75) is 33.7 Å². The van der Waals surface area contributed by atoms with Gasteiger partial charge in [0.25, 0.3) is 5.91 Å². The van der Waals surface area contributed by atoms with Crippen LogP contribution in [-0.4, -0.2) is 10.9 Å². The molecule has 3 aromatic rings. The fraction of sp³-hybridized carbons (Fsp3) is 0.185. The zero-order valence-electron chi connectivity index (χ0n) is 18.5. The number of carbonyl (C=O) groups is 1. The van der Waals surface area contributed by atoms with Crippen LogP contribution in [0.4, 0.5) is 0 Å². The molecule has 1 amide bonds. The Morgan fingerprint density at radius 2 is 1.81 bits per heavy atom. The van der Waals surface area contributed by atoms with Gasteiger partial charge in [-0.3, -0.25) is 9.78 Å². The van der Waals surface area contributed by atoms with E-state index in [9.17, 15) is 4.79 Å². The number of carbonyl (C=O) groups excluding carboxylic acids is 1. The minimum Gasteiger partial charge on any atom is -0.402 e. The van der Waals surface area contributed by atoms with Gasteiger partial charge >= 0.3 is 0 Å². The van der Waals surface area contributed by atoms with Crippen molar-refractivity contribution < 1.29 is 4.79 Å². The average Bonchev–Trinajstić information content (AvgIpc) is 2.71. The molecule has 0 fully saturated rings. The number of amides is 1. The summed E-state index contributed by atoms with van der Waals surface area (Å²) in [5.74, 6) is -0.232. The van der Waals surface area contributed by atoms with Gasteiger partial charge in [-0.15, -0.1) is 0 Å². The van der Waals surface area contributed by atoms with E-state index in [1.165, 1.54) is 0 Å². The van der Waals surface area contributed by atoms with Crippen molar-refractivity contribution in [2.75, 3.05) is 0 Å². The molecule has 158 valence electrons. The molecular weight excluding hydrogens is 382 g/mol. The second-order valence-corrected chi connectivity index (χ2v) is 8.04. The van der Waals surface area contributed by atoms with Gasteiger partial charge in [-0.05, 0) is 60.6 Å². The minimum atomic E-state index is -0.232. The number of pyridine rings is 1. The molecular formula is C27H29N3O. The Hall–Kier alpha value is -3.66. The summed E-state index contributed by atoms with van der Waals surface area (Å²) in [5.41, 5.74) is 13.5. The zero-order valence-corrected chi connectivity index (χ0v) is 18.5. The van der Waals surface area contributed by atoms with Crippen molar-refractivity contribution in [3.8, 4) is 0 Å². The molecule has 31 heavy (non-hydrogen) atoms. The van der Waals surface area contributed by atoms with E-state index in [1.807, 2.05) is 51.2 Å². The van der Waals surface area contributed by atoms with Crippen molar-refractivity contribution in [2.24, 2.45) is 5.73 Å². The maximum absolute atomic E-state index is 12.4. The highest BCUT2D eigenvalue weighted by molar-refractivity contribution is 5.95. The minimum absolute atomic E-state index is 0.232. The highest BCUT2D eigenvalue weighted by Gasteiger charge is 2.07. The van der Waals surface area contributed by atoms with E-state index in [0.717, 1.165) is 44.3 Å². The molecule has 3 N–H and O–H groups in total. The lowest BCUT2D eigenvalue weighted by Crippen LogP contribution is -2.24. The zero-order chi connectivity index (χ0) is 22.5. The van der Waals surface area contributed by atoms with Crippen LogP contribution in [0.25, 0.3) is 16.3 Å². The molecule has 0 saturated carbocycles. The van der Waals surface area contributed by atoms with Crippen LogP contribution in [0.3, 0.4) is 0 Å². The summed E-state index contributed by atoms with van der Waals surface area (Å²) in [6, 6.07) is 14.3. The van der Waals surface area contributed by atoms with Crippen molar-refractivity contribution in [1.29, 1.82) is 0 Å². The number of nitrogens with zero attached hydrogens (tertiary/aromatic N) is 1. The van der Waals surface area contributed by atoms with Crippen LogP contribution in [0, 0.1) is 13.8 Å². The van der Waals surface area contributed by atoms with Gasteiger partial charge in [0.15, 0.2) is 0 Å². The van der Waals surface area contributed by atoms with Gasteiger partial charge in [0.1, 0.15) is 0 Å². The second kappa shape index (κ2) is 9.43. The van der Waals surface area contributed by atoms with E-state index < -0.39 is 0 Å². The van der Waals surface area contributed by atoms with Gasteiger partial charge in [0, 0.05) is 41.5 Å². The lowest BCUT2D eigenvalue weighted by atomic mass is 10.0. The summed E-state index contributed by atoms with van der Waals surface area (Å²) in [4.78, 5) is 16.8. The molecule has 0 unspecified atom stereocenters. The number of rotatable bonds is 7. The first kappa shape index (κ1) is 22.0. The molecule has 0 radical (unpaired) electrons. The highest BCUT2D eigenvalue weighted by Crippen LogP contribution is 2.19. The SMILES string of the molecule is C=C(/C=C(\N)Cc1ccc2cnc(C)cc2c1)C(=O)NCc1ccc(C(=C)C)c(C)c1. The van der Waals surface area contributed by atoms with Crippen LogP contribution in [0.1, 0.15) is 34.9 Å². The predicted molar refractivity (Wildman–Crippen MR) is 129 cm³/mol. The van der Waals surface area contributed by atoms with Crippen molar-refractivity contribution in [3.05, 3.63) is 107 Å². The predicted octanol–water partition coefficient (Wildman–Crippen LogP) is 5.14. The molecule has 2 aromatic carbocycles.